The zero-order valence-electron chi connectivity index (χ0n) is 17.0. The summed E-state index contributed by atoms with van der Waals surface area (Å²) in [6.07, 6.45) is 5.26. The van der Waals surface area contributed by atoms with Crippen LogP contribution in [-0.2, 0) is 4.74 Å². The third kappa shape index (κ3) is 3.16. The number of H-pyrrole nitrogens is 1. The van der Waals surface area contributed by atoms with Gasteiger partial charge in [0.25, 0.3) is 0 Å². The van der Waals surface area contributed by atoms with Gasteiger partial charge >= 0.3 is 0 Å². The molecule has 0 saturated carbocycles. The van der Waals surface area contributed by atoms with E-state index in [4.69, 9.17) is 9.72 Å². The summed E-state index contributed by atoms with van der Waals surface area (Å²) in [4.78, 5) is 25.8. The number of fused-ring (bicyclic) bond motifs is 2. The number of hydrogen-bond acceptors (Lipinski definition) is 7. The van der Waals surface area contributed by atoms with Gasteiger partial charge in [0.05, 0.1) is 31.1 Å². The van der Waals surface area contributed by atoms with Crippen molar-refractivity contribution in [2.24, 2.45) is 0 Å². The van der Waals surface area contributed by atoms with Crippen LogP contribution >= 0.6 is 0 Å². The summed E-state index contributed by atoms with van der Waals surface area (Å²) in [5.74, 6) is 1.50. The molecule has 1 unspecified atom stereocenters. The van der Waals surface area contributed by atoms with Gasteiger partial charge in [-0.3, -0.25) is 0 Å². The second-order valence-corrected chi connectivity index (χ2v) is 7.99. The van der Waals surface area contributed by atoms with Gasteiger partial charge in [-0.1, -0.05) is 0 Å². The molecular weight excluding hydrogens is 397 g/mol. The zero-order chi connectivity index (χ0) is 20.8. The number of aromatic amines is 1. The summed E-state index contributed by atoms with van der Waals surface area (Å²) in [5.41, 5.74) is 3.33. The first-order valence-electron chi connectivity index (χ1n) is 10.6. The quantitative estimate of drug-likeness (QED) is 0.546. The molecule has 6 rings (SSSR count). The molecule has 0 amide bonds. The Kier molecular flexibility index (Phi) is 4.41. The van der Waals surface area contributed by atoms with Gasteiger partial charge in [-0.2, -0.15) is 0 Å². The lowest BCUT2D eigenvalue weighted by Crippen LogP contribution is -2.38. The lowest BCUT2D eigenvalue weighted by atomic mass is 10.0. The Balaban J connectivity index is 1.50. The molecule has 3 aromatic heterocycles. The number of hydrogen-bond donors (Lipinski definition) is 1. The number of morpholine rings is 1. The summed E-state index contributed by atoms with van der Waals surface area (Å²) < 4.78 is 19.5. The van der Waals surface area contributed by atoms with Crippen molar-refractivity contribution >= 4 is 33.7 Å². The van der Waals surface area contributed by atoms with E-state index in [1.54, 1.807) is 18.7 Å². The van der Waals surface area contributed by atoms with Gasteiger partial charge in [0.15, 0.2) is 11.5 Å². The molecule has 31 heavy (non-hydrogen) atoms. The van der Waals surface area contributed by atoms with Crippen molar-refractivity contribution in [3.8, 4) is 0 Å². The van der Waals surface area contributed by atoms with Crippen LogP contribution in [0.4, 0.5) is 16.0 Å². The third-order valence-corrected chi connectivity index (χ3v) is 6.19. The van der Waals surface area contributed by atoms with E-state index >= 15 is 0 Å². The standard InChI is InChI=1S/C22H22FN7O/c23-15-4-3-14-10-16(21(28-17(14)11-15)29-6-8-31-9-7-29)18-2-1-5-30(18)22-19-20(25-12-24-19)26-13-27-22/h3-4,10-13,18H,1-2,5-9H2,(H,24,25,26,27). The molecule has 1 N–H and O–H groups in total. The summed E-state index contributed by atoms with van der Waals surface area (Å²) in [6.45, 7) is 3.76. The van der Waals surface area contributed by atoms with Crippen molar-refractivity contribution in [3.05, 3.63) is 48.3 Å². The van der Waals surface area contributed by atoms with E-state index < -0.39 is 0 Å². The number of anilines is 2. The highest BCUT2D eigenvalue weighted by Crippen LogP contribution is 2.41. The van der Waals surface area contributed by atoms with E-state index in [9.17, 15) is 4.39 Å². The molecule has 4 aromatic rings. The van der Waals surface area contributed by atoms with Crippen LogP contribution in [0.2, 0.25) is 0 Å². The van der Waals surface area contributed by atoms with Crippen molar-refractivity contribution in [1.29, 1.82) is 0 Å². The molecule has 0 aliphatic carbocycles. The maximum absolute atomic E-state index is 13.9. The Hall–Kier alpha value is -3.33. The van der Waals surface area contributed by atoms with Crippen molar-refractivity contribution in [2.45, 2.75) is 18.9 Å². The van der Waals surface area contributed by atoms with Crippen LogP contribution in [0.25, 0.3) is 22.1 Å². The topological polar surface area (TPSA) is 83.1 Å². The van der Waals surface area contributed by atoms with Gasteiger partial charge < -0.3 is 19.5 Å². The summed E-state index contributed by atoms with van der Waals surface area (Å²) >= 11 is 0. The highest BCUT2D eigenvalue weighted by molar-refractivity contribution is 5.85. The highest BCUT2D eigenvalue weighted by atomic mass is 19.1. The van der Waals surface area contributed by atoms with E-state index in [0.29, 0.717) is 24.4 Å². The Labute approximate surface area is 178 Å². The van der Waals surface area contributed by atoms with Crippen LogP contribution in [-0.4, -0.2) is 57.8 Å². The van der Waals surface area contributed by atoms with E-state index in [1.165, 1.54) is 12.1 Å². The second kappa shape index (κ2) is 7.42. The molecule has 8 nitrogen and oxygen atoms in total. The highest BCUT2D eigenvalue weighted by Gasteiger charge is 2.33. The molecule has 2 fully saturated rings. The van der Waals surface area contributed by atoms with Gasteiger partial charge in [0, 0.05) is 36.7 Å². The normalized spacial score (nSPS) is 19.6. The molecule has 2 aliphatic heterocycles. The van der Waals surface area contributed by atoms with Crippen molar-refractivity contribution in [2.75, 3.05) is 42.6 Å². The maximum Gasteiger partial charge on any atom is 0.182 e. The van der Waals surface area contributed by atoms with Crippen LogP contribution < -0.4 is 9.80 Å². The number of halogens is 1. The first kappa shape index (κ1) is 18.4. The molecule has 5 heterocycles. The number of rotatable bonds is 3. The monoisotopic (exact) mass is 419 g/mol. The van der Waals surface area contributed by atoms with Gasteiger partial charge in [-0.25, -0.2) is 24.3 Å². The number of aromatic nitrogens is 5. The average molecular weight is 419 g/mol. The van der Waals surface area contributed by atoms with Crippen LogP contribution in [0, 0.1) is 5.82 Å². The van der Waals surface area contributed by atoms with Gasteiger partial charge in [0.1, 0.15) is 23.5 Å². The number of pyridine rings is 1. The Bertz CT molecular complexity index is 1250. The number of imidazole rings is 1. The number of benzene rings is 1. The number of ether oxygens (including phenoxy) is 1. The smallest absolute Gasteiger partial charge is 0.182 e. The fourth-order valence-corrected chi connectivity index (χ4v) is 4.73. The first-order valence-corrected chi connectivity index (χ1v) is 10.6. The average Bonchev–Trinajstić information content (AvgIpc) is 3.48. The van der Waals surface area contributed by atoms with Crippen LogP contribution in [0.5, 0.6) is 0 Å². The van der Waals surface area contributed by atoms with Crippen molar-refractivity contribution in [1.82, 2.24) is 24.9 Å². The van der Waals surface area contributed by atoms with E-state index in [1.807, 2.05) is 0 Å². The minimum atomic E-state index is -0.272. The molecule has 0 radical (unpaired) electrons. The lowest BCUT2D eigenvalue weighted by Gasteiger charge is -2.33. The Morgan fingerprint density at radius 3 is 2.84 bits per heavy atom. The van der Waals surface area contributed by atoms with Crippen LogP contribution in [0.1, 0.15) is 24.4 Å². The molecule has 1 aromatic carbocycles. The van der Waals surface area contributed by atoms with Crippen molar-refractivity contribution in [3.63, 3.8) is 0 Å². The minimum absolute atomic E-state index is 0.112. The SMILES string of the molecule is Fc1ccc2cc(C3CCCN3c3ncnc4nc[nH]c34)c(N3CCOCC3)nc2c1. The molecule has 9 heteroatoms. The lowest BCUT2D eigenvalue weighted by molar-refractivity contribution is 0.122. The van der Waals surface area contributed by atoms with Gasteiger partial charge in [-0.05, 0) is 31.0 Å². The van der Waals surface area contributed by atoms with Gasteiger partial charge in [0.2, 0.25) is 0 Å². The summed E-state index contributed by atoms with van der Waals surface area (Å²) in [5, 5.41) is 0.939. The van der Waals surface area contributed by atoms with Gasteiger partial charge in [-0.15, -0.1) is 0 Å². The molecule has 2 aliphatic rings. The number of nitrogens with one attached hydrogen (secondary N) is 1. The molecule has 158 valence electrons. The summed E-state index contributed by atoms with van der Waals surface area (Å²) in [7, 11) is 0. The molecular formula is C22H22FN7O. The molecule has 1 atom stereocenters. The van der Waals surface area contributed by atoms with Crippen LogP contribution in [0.15, 0.2) is 36.9 Å². The molecule has 2 saturated heterocycles. The zero-order valence-corrected chi connectivity index (χ0v) is 17.0. The van der Waals surface area contributed by atoms with E-state index in [0.717, 1.165) is 60.6 Å². The Morgan fingerprint density at radius 2 is 1.94 bits per heavy atom. The third-order valence-electron chi connectivity index (χ3n) is 6.19. The first-order chi connectivity index (χ1) is 15.3. The molecule has 0 spiro atoms. The Morgan fingerprint density at radius 1 is 1.03 bits per heavy atom. The van der Waals surface area contributed by atoms with E-state index in [-0.39, 0.29) is 11.9 Å². The van der Waals surface area contributed by atoms with Crippen LogP contribution in [0.3, 0.4) is 0 Å². The number of nitrogens with zero attached hydrogens (tertiary/aromatic N) is 6. The molecule has 0 bridgehead atoms. The van der Waals surface area contributed by atoms with Crippen molar-refractivity contribution < 1.29 is 9.13 Å². The minimum Gasteiger partial charge on any atom is -0.378 e. The van der Waals surface area contributed by atoms with E-state index in [2.05, 4.69) is 35.8 Å². The largest absolute Gasteiger partial charge is 0.378 e. The predicted molar refractivity (Wildman–Crippen MR) is 116 cm³/mol. The maximum atomic E-state index is 13.9. The fourth-order valence-electron chi connectivity index (χ4n) is 4.73. The second-order valence-electron chi connectivity index (χ2n) is 7.99. The predicted octanol–water partition coefficient (Wildman–Crippen LogP) is 3.22. The summed E-state index contributed by atoms with van der Waals surface area (Å²) in [6, 6.07) is 7.09. The fraction of sp³-hybridized carbons (Fsp3) is 0.364.